The highest BCUT2D eigenvalue weighted by atomic mass is 32.1. The van der Waals surface area contributed by atoms with E-state index in [4.69, 9.17) is 9.72 Å². The molecule has 182 valence electrons. The molecular formula is C28H32N4O2S. The van der Waals surface area contributed by atoms with Crippen molar-refractivity contribution < 1.29 is 9.53 Å². The van der Waals surface area contributed by atoms with Gasteiger partial charge < -0.3 is 14.6 Å². The molecule has 0 saturated heterocycles. The normalized spacial score (nSPS) is 11.0. The fourth-order valence-corrected chi connectivity index (χ4v) is 4.81. The summed E-state index contributed by atoms with van der Waals surface area (Å²) in [5, 5.41) is 6.04. The van der Waals surface area contributed by atoms with Crippen LogP contribution in [0.4, 0.5) is 0 Å². The number of nitrogens with zero attached hydrogens (tertiary/aromatic N) is 3. The number of carbonyl (C=O) groups is 1. The second-order valence-corrected chi connectivity index (χ2v) is 9.47. The minimum absolute atomic E-state index is 0.0291. The van der Waals surface area contributed by atoms with Crippen LogP contribution >= 0.6 is 11.3 Å². The van der Waals surface area contributed by atoms with Crippen LogP contribution in [-0.2, 0) is 13.0 Å². The lowest BCUT2D eigenvalue weighted by molar-refractivity contribution is 0.0952. The number of methoxy groups -OCH3 is 1. The smallest absolute Gasteiger partial charge is 0.253 e. The van der Waals surface area contributed by atoms with Crippen molar-refractivity contribution in [2.24, 2.45) is 0 Å². The van der Waals surface area contributed by atoms with Crippen molar-refractivity contribution in [3.63, 3.8) is 0 Å². The number of pyridine rings is 1. The van der Waals surface area contributed by atoms with Crippen molar-refractivity contribution in [2.75, 3.05) is 13.7 Å². The minimum Gasteiger partial charge on any atom is -0.497 e. The molecule has 3 heterocycles. The Hall–Kier alpha value is -3.45. The van der Waals surface area contributed by atoms with E-state index in [1.54, 1.807) is 18.4 Å². The average Bonchev–Trinajstić information content (AvgIpc) is 3.48. The van der Waals surface area contributed by atoms with Crippen LogP contribution in [0.25, 0.3) is 22.0 Å². The van der Waals surface area contributed by atoms with Gasteiger partial charge in [0, 0.05) is 41.6 Å². The first-order valence-electron chi connectivity index (χ1n) is 12.0. The van der Waals surface area contributed by atoms with Gasteiger partial charge in [0.2, 0.25) is 0 Å². The summed E-state index contributed by atoms with van der Waals surface area (Å²) in [7, 11) is 1.67. The molecule has 0 aliphatic heterocycles. The number of aryl methyl sites for hydroxylation is 2. The Balaban J connectivity index is 1.65. The van der Waals surface area contributed by atoms with E-state index < -0.39 is 0 Å². The maximum atomic E-state index is 13.0. The number of hydrogen-bond donors (Lipinski definition) is 1. The Labute approximate surface area is 211 Å². The van der Waals surface area contributed by atoms with Crippen LogP contribution in [0, 0.1) is 13.8 Å². The summed E-state index contributed by atoms with van der Waals surface area (Å²) in [6.45, 7) is 7.54. The van der Waals surface area contributed by atoms with Gasteiger partial charge in [-0.1, -0.05) is 25.5 Å². The monoisotopic (exact) mass is 488 g/mol. The molecule has 4 aromatic rings. The quantitative estimate of drug-likeness (QED) is 0.275. The molecule has 6 nitrogen and oxygen atoms in total. The Morgan fingerprint density at radius 1 is 1.14 bits per heavy atom. The molecule has 0 fully saturated rings. The molecule has 0 unspecified atom stereocenters. The molecule has 4 rings (SSSR count). The first-order valence-corrected chi connectivity index (χ1v) is 12.9. The molecule has 0 saturated carbocycles. The highest BCUT2D eigenvalue weighted by molar-refractivity contribution is 7.13. The first kappa shape index (κ1) is 24.7. The number of carbonyl (C=O) groups excluding carboxylic acids is 1. The van der Waals surface area contributed by atoms with E-state index in [2.05, 4.69) is 39.3 Å². The van der Waals surface area contributed by atoms with Gasteiger partial charge in [-0.2, -0.15) is 0 Å². The standard InChI is InChI=1S/C28H32N4O2S/c1-5-6-14-29-27(33)24-16-26(25-18-35-28(31-25)22-10-7-19(2)30-17-22)32(20(24)3)15-13-21-8-11-23(34-4)12-9-21/h7-12,16-18H,5-6,13-15H2,1-4H3,(H,29,33). The number of benzene rings is 1. The summed E-state index contributed by atoms with van der Waals surface area (Å²) in [6.07, 6.45) is 4.71. The zero-order valence-corrected chi connectivity index (χ0v) is 21.6. The molecular weight excluding hydrogens is 456 g/mol. The number of hydrogen-bond acceptors (Lipinski definition) is 5. The van der Waals surface area contributed by atoms with Gasteiger partial charge in [-0.05, 0) is 62.6 Å². The van der Waals surface area contributed by atoms with Crippen LogP contribution in [0.2, 0.25) is 0 Å². The van der Waals surface area contributed by atoms with Crippen molar-refractivity contribution in [1.29, 1.82) is 0 Å². The van der Waals surface area contributed by atoms with Crippen molar-refractivity contribution in [3.8, 4) is 27.7 Å². The Bertz CT molecular complexity index is 1270. The topological polar surface area (TPSA) is 69.0 Å². The molecule has 7 heteroatoms. The molecule has 1 aromatic carbocycles. The lowest BCUT2D eigenvalue weighted by Crippen LogP contribution is -2.24. The van der Waals surface area contributed by atoms with Gasteiger partial charge in [-0.25, -0.2) is 4.98 Å². The Morgan fingerprint density at radius 3 is 2.63 bits per heavy atom. The maximum absolute atomic E-state index is 13.0. The zero-order chi connectivity index (χ0) is 24.8. The summed E-state index contributed by atoms with van der Waals surface area (Å²) < 4.78 is 7.50. The van der Waals surface area contributed by atoms with Crippen molar-refractivity contribution in [3.05, 3.63) is 76.6 Å². The van der Waals surface area contributed by atoms with Crippen LogP contribution in [-0.4, -0.2) is 34.1 Å². The van der Waals surface area contributed by atoms with E-state index in [-0.39, 0.29) is 5.91 Å². The predicted octanol–water partition coefficient (Wildman–Crippen LogP) is 6.07. The predicted molar refractivity (Wildman–Crippen MR) is 142 cm³/mol. The van der Waals surface area contributed by atoms with E-state index in [1.165, 1.54) is 5.56 Å². The molecule has 0 bridgehead atoms. The summed E-state index contributed by atoms with van der Waals surface area (Å²) in [6, 6.07) is 14.2. The van der Waals surface area contributed by atoms with Gasteiger partial charge in [0.1, 0.15) is 10.8 Å². The number of amides is 1. The summed E-state index contributed by atoms with van der Waals surface area (Å²) in [5.74, 6) is 0.816. The van der Waals surface area contributed by atoms with Crippen molar-refractivity contribution in [2.45, 2.75) is 46.6 Å². The highest BCUT2D eigenvalue weighted by Gasteiger charge is 2.20. The second-order valence-electron chi connectivity index (χ2n) is 8.61. The molecule has 0 aliphatic rings. The lowest BCUT2D eigenvalue weighted by atomic mass is 10.1. The maximum Gasteiger partial charge on any atom is 0.253 e. The molecule has 0 atom stereocenters. The molecule has 3 aromatic heterocycles. The number of ether oxygens (including phenoxy) is 1. The second kappa shape index (κ2) is 11.3. The largest absolute Gasteiger partial charge is 0.497 e. The van der Waals surface area contributed by atoms with Crippen molar-refractivity contribution >= 4 is 17.2 Å². The molecule has 35 heavy (non-hydrogen) atoms. The van der Waals surface area contributed by atoms with Crippen LogP contribution < -0.4 is 10.1 Å². The Kier molecular flexibility index (Phi) is 7.98. The fraction of sp³-hybridized carbons (Fsp3) is 0.321. The third kappa shape index (κ3) is 5.80. The van der Waals surface area contributed by atoms with Crippen LogP contribution in [0.3, 0.4) is 0 Å². The van der Waals surface area contributed by atoms with Gasteiger partial charge in [0.05, 0.1) is 24.1 Å². The van der Waals surface area contributed by atoms with Gasteiger partial charge in [-0.3, -0.25) is 9.78 Å². The van der Waals surface area contributed by atoms with E-state index in [1.807, 2.05) is 50.4 Å². The van der Waals surface area contributed by atoms with Crippen LogP contribution in [0.5, 0.6) is 5.75 Å². The van der Waals surface area contributed by atoms with Gasteiger partial charge in [0.15, 0.2) is 0 Å². The number of unbranched alkanes of at least 4 members (excludes halogenated alkanes) is 1. The molecule has 0 radical (unpaired) electrons. The summed E-state index contributed by atoms with van der Waals surface area (Å²) in [4.78, 5) is 22.3. The molecule has 1 amide bonds. The number of rotatable bonds is 10. The van der Waals surface area contributed by atoms with E-state index in [9.17, 15) is 4.79 Å². The third-order valence-corrected chi connectivity index (χ3v) is 7.03. The lowest BCUT2D eigenvalue weighted by Gasteiger charge is -2.12. The first-order chi connectivity index (χ1) is 17.0. The molecule has 1 N–H and O–H groups in total. The van der Waals surface area contributed by atoms with Gasteiger partial charge in [-0.15, -0.1) is 11.3 Å². The average molecular weight is 489 g/mol. The van der Waals surface area contributed by atoms with E-state index in [0.717, 1.165) is 64.9 Å². The van der Waals surface area contributed by atoms with Gasteiger partial charge >= 0.3 is 0 Å². The molecule has 0 aliphatic carbocycles. The Morgan fingerprint density at radius 2 is 1.94 bits per heavy atom. The van der Waals surface area contributed by atoms with E-state index in [0.29, 0.717) is 12.1 Å². The summed E-state index contributed by atoms with van der Waals surface area (Å²) >= 11 is 1.59. The third-order valence-electron chi connectivity index (χ3n) is 6.14. The molecule has 0 spiro atoms. The summed E-state index contributed by atoms with van der Waals surface area (Å²) in [5.41, 5.74) is 6.68. The van der Waals surface area contributed by atoms with Crippen LogP contribution in [0.15, 0.2) is 54.0 Å². The fourth-order valence-electron chi connectivity index (χ4n) is 4.00. The van der Waals surface area contributed by atoms with Crippen LogP contribution in [0.1, 0.15) is 47.1 Å². The number of aromatic nitrogens is 3. The minimum atomic E-state index is -0.0291. The van der Waals surface area contributed by atoms with Gasteiger partial charge in [0.25, 0.3) is 5.91 Å². The number of thiazole rings is 1. The van der Waals surface area contributed by atoms with E-state index >= 15 is 0 Å². The van der Waals surface area contributed by atoms with Crippen molar-refractivity contribution in [1.82, 2.24) is 19.9 Å². The number of nitrogens with one attached hydrogen (secondary N) is 1. The zero-order valence-electron chi connectivity index (χ0n) is 20.8. The highest BCUT2D eigenvalue weighted by Crippen LogP contribution is 2.31. The SMILES string of the molecule is CCCCNC(=O)c1cc(-c2csc(-c3ccc(C)nc3)n2)n(CCc2ccc(OC)cc2)c1C.